The average Bonchev–Trinajstić information content (AvgIpc) is 2.35. The van der Waals surface area contributed by atoms with Crippen molar-refractivity contribution in [3.8, 4) is 0 Å². The molecule has 0 fully saturated rings. The molecule has 0 heterocycles. The van der Waals surface area contributed by atoms with Crippen LogP contribution in [0.5, 0.6) is 0 Å². The fourth-order valence-corrected chi connectivity index (χ4v) is 3.16. The van der Waals surface area contributed by atoms with Gasteiger partial charge in [-0.2, -0.15) is 0 Å². The zero-order valence-corrected chi connectivity index (χ0v) is 12.0. The Morgan fingerprint density at radius 2 is 1.67 bits per heavy atom. The van der Waals surface area contributed by atoms with Crippen LogP contribution in [0.2, 0.25) is 0 Å². The highest BCUT2D eigenvalue weighted by molar-refractivity contribution is 7.91. The summed E-state index contributed by atoms with van der Waals surface area (Å²) in [5.74, 6) is 0.639. The number of benzene rings is 1. The Hall–Kier alpha value is -0.870. The van der Waals surface area contributed by atoms with E-state index in [1.807, 2.05) is 12.1 Å². The third kappa shape index (κ3) is 4.42. The van der Waals surface area contributed by atoms with Crippen molar-refractivity contribution in [1.82, 2.24) is 0 Å². The molecule has 0 aromatic heterocycles. The molecular weight excluding hydrogens is 246 g/mol. The fraction of sp³-hybridized carbons (Fsp3) is 0.571. The van der Waals surface area contributed by atoms with E-state index in [2.05, 4.69) is 13.8 Å². The minimum Gasteiger partial charge on any atom is -0.330 e. The number of nitrogens with two attached hydrogens (primary N) is 1. The first-order chi connectivity index (χ1) is 8.47. The third-order valence-electron chi connectivity index (χ3n) is 3.02. The van der Waals surface area contributed by atoms with Gasteiger partial charge in [0.1, 0.15) is 0 Å². The molecule has 3 nitrogen and oxygen atoms in total. The highest BCUT2D eigenvalue weighted by Gasteiger charge is 2.13. The molecule has 1 aromatic rings. The molecule has 0 aliphatic rings. The van der Waals surface area contributed by atoms with E-state index in [-0.39, 0.29) is 5.75 Å². The van der Waals surface area contributed by atoms with Gasteiger partial charge in [0.25, 0.3) is 0 Å². The van der Waals surface area contributed by atoms with E-state index in [0.29, 0.717) is 23.8 Å². The van der Waals surface area contributed by atoms with E-state index in [9.17, 15) is 8.42 Å². The Morgan fingerprint density at radius 3 is 2.17 bits per heavy atom. The number of hydrogen-bond acceptors (Lipinski definition) is 3. The van der Waals surface area contributed by atoms with Gasteiger partial charge in [0.2, 0.25) is 0 Å². The first-order valence-electron chi connectivity index (χ1n) is 6.50. The highest BCUT2D eigenvalue weighted by Crippen LogP contribution is 2.18. The first kappa shape index (κ1) is 15.2. The van der Waals surface area contributed by atoms with Gasteiger partial charge in [-0.15, -0.1) is 0 Å². The van der Waals surface area contributed by atoms with Crippen LogP contribution in [0, 0.1) is 0 Å². The van der Waals surface area contributed by atoms with Crippen molar-refractivity contribution >= 4 is 9.84 Å². The number of rotatable bonds is 7. The van der Waals surface area contributed by atoms with Gasteiger partial charge in [-0.1, -0.05) is 32.4 Å². The van der Waals surface area contributed by atoms with Crippen LogP contribution in [0.25, 0.3) is 0 Å². The minimum atomic E-state index is -3.12. The van der Waals surface area contributed by atoms with Crippen LogP contribution in [0.3, 0.4) is 0 Å². The molecule has 0 aliphatic heterocycles. The maximum atomic E-state index is 12.0. The number of unbranched alkanes of at least 4 members (excludes halogenated alkanes) is 2. The summed E-state index contributed by atoms with van der Waals surface area (Å²) < 4.78 is 24.1. The quantitative estimate of drug-likeness (QED) is 0.774. The molecule has 0 amide bonds. The summed E-state index contributed by atoms with van der Waals surface area (Å²) in [6, 6.07) is 7.23. The van der Waals surface area contributed by atoms with E-state index in [0.717, 1.165) is 18.4 Å². The smallest absolute Gasteiger partial charge is 0.178 e. The first-order valence-corrected chi connectivity index (χ1v) is 8.15. The molecule has 0 aliphatic carbocycles. The van der Waals surface area contributed by atoms with Gasteiger partial charge in [-0.25, -0.2) is 8.42 Å². The summed E-state index contributed by atoms with van der Waals surface area (Å²) in [4.78, 5) is 0.430. The summed E-state index contributed by atoms with van der Waals surface area (Å²) in [6.45, 7) is 4.82. The van der Waals surface area contributed by atoms with E-state index in [1.165, 1.54) is 0 Å². The predicted octanol–water partition coefficient (Wildman–Crippen LogP) is 2.71. The van der Waals surface area contributed by atoms with E-state index in [4.69, 9.17) is 5.73 Å². The monoisotopic (exact) mass is 269 g/mol. The Bertz CT molecular complexity index is 449. The molecule has 0 radical (unpaired) electrons. The molecule has 1 rings (SSSR count). The van der Waals surface area contributed by atoms with Crippen molar-refractivity contribution in [3.05, 3.63) is 29.8 Å². The van der Waals surface area contributed by atoms with Crippen molar-refractivity contribution in [2.75, 3.05) is 12.3 Å². The van der Waals surface area contributed by atoms with Crippen LogP contribution < -0.4 is 5.73 Å². The third-order valence-corrected chi connectivity index (χ3v) is 4.84. The molecule has 4 heteroatoms. The molecule has 102 valence electrons. The van der Waals surface area contributed by atoms with Crippen molar-refractivity contribution < 1.29 is 8.42 Å². The standard InChI is InChI=1S/C14H23NO2S/c1-12(2)13-6-8-14(9-7-13)18(16,17)11-5-3-4-10-15/h6-9,12H,3-5,10-11,15H2,1-2H3. The summed E-state index contributed by atoms with van der Waals surface area (Å²) >= 11 is 0. The summed E-state index contributed by atoms with van der Waals surface area (Å²) in [7, 11) is -3.12. The molecule has 0 atom stereocenters. The summed E-state index contributed by atoms with van der Waals surface area (Å²) in [5, 5.41) is 0. The van der Waals surface area contributed by atoms with Crippen LogP contribution in [-0.2, 0) is 9.84 Å². The van der Waals surface area contributed by atoms with Gasteiger partial charge in [0.15, 0.2) is 9.84 Å². The lowest BCUT2D eigenvalue weighted by Crippen LogP contribution is -2.08. The Morgan fingerprint density at radius 1 is 1.06 bits per heavy atom. The molecule has 0 bridgehead atoms. The molecule has 0 saturated carbocycles. The predicted molar refractivity (Wildman–Crippen MR) is 75.5 cm³/mol. The fourth-order valence-electron chi connectivity index (χ4n) is 1.79. The van der Waals surface area contributed by atoms with Gasteiger partial charge in [-0.3, -0.25) is 0 Å². The number of hydrogen-bond donors (Lipinski definition) is 1. The van der Waals surface area contributed by atoms with E-state index < -0.39 is 9.84 Å². The minimum absolute atomic E-state index is 0.216. The second kappa shape index (κ2) is 6.90. The lowest BCUT2D eigenvalue weighted by atomic mass is 10.0. The van der Waals surface area contributed by atoms with Gasteiger partial charge >= 0.3 is 0 Å². The van der Waals surface area contributed by atoms with Crippen molar-refractivity contribution in [3.63, 3.8) is 0 Å². The zero-order chi connectivity index (χ0) is 13.6. The molecule has 2 N–H and O–H groups in total. The topological polar surface area (TPSA) is 60.2 Å². The second-order valence-electron chi connectivity index (χ2n) is 4.89. The normalized spacial score (nSPS) is 12.0. The van der Waals surface area contributed by atoms with Crippen molar-refractivity contribution in [1.29, 1.82) is 0 Å². The van der Waals surface area contributed by atoms with Crippen LogP contribution >= 0.6 is 0 Å². The Balaban J connectivity index is 2.67. The van der Waals surface area contributed by atoms with Crippen LogP contribution in [0.1, 0.15) is 44.6 Å². The molecule has 0 unspecified atom stereocenters. The van der Waals surface area contributed by atoms with Crippen molar-refractivity contribution in [2.24, 2.45) is 5.73 Å². The lowest BCUT2D eigenvalue weighted by molar-refractivity contribution is 0.590. The van der Waals surface area contributed by atoms with Gasteiger partial charge in [0.05, 0.1) is 10.6 Å². The zero-order valence-electron chi connectivity index (χ0n) is 11.2. The lowest BCUT2D eigenvalue weighted by Gasteiger charge is -2.08. The van der Waals surface area contributed by atoms with E-state index in [1.54, 1.807) is 12.1 Å². The van der Waals surface area contributed by atoms with Gasteiger partial charge in [0, 0.05) is 0 Å². The maximum Gasteiger partial charge on any atom is 0.178 e. The summed E-state index contributed by atoms with van der Waals surface area (Å²) in [5.41, 5.74) is 6.55. The average molecular weight is 269 g/mol. The molecular formula is C14H23NO2S. The Kier molecular flexibility index (Phi) is 5.82. The maximum absolute atomic E-state index is 12.0. The van der Waals surface area contributed by atoms with Crippen LogP contribution in [0.15, 0.2) is 29.2 Å². The second-order valence-corrected chi connectivity index (χ2v) is 7.00. The van der Waals surface area contributed by atoms with Crippen molar-refractivity contribution in [2.45, 2.75) is 43.9 Å². The highest BCUT2D eigenvalue weighted by atomic mass is 32.2. The van der Waals surface area contributed by atoms with E-state index >= 15 is 0 Å². The molecule has 18 heavy (non-hydrogen) atoms. The van der Waals surface area contributed by atoms with Gasteiger partial charge < -0.3 is 5.73 Å². The van der Waals surface area contributed by atoms with Crippen LogP contribution in [0.4, 0.5) is 0 Å². The number of sulfone groups is 1. The largest absolute Gasteiger partial charge is 0.330 e. The van der Waals surface area contributed by atoms with Gasteiger partial charge in [-0.05, 0) is 43.0 Å². The molecule has 0 spiro atoms. The molecule has 0 saturated heterocycles. The Labute approximate surface area is 110 Å². The SMILES string of the molecule is CC(C)c1ccc(S(=O)(=O)CCCCCN)cc1. The van der Waals surface area contributed by atoms with Crippen LogP contribution in [-0.4, -0.2) is 20.7 Å². The summed E-state index contributed by atoms with van der Waals surface area (Å²) in [6.07, 6.45) is 2.45. The molecule has 1 aromatic carbocycles.